The molecule has 0 unspecified atom stereocenters. The van der Waals surface area contributed by atoms with Crippen molar-refractivity contribution in [1.82, 2.24) is 4.90 Å². The molecule has 132 valence electrons. The summed E-state index contributed by atoms with van der Waals surface area (Å²) in [5, 5.41) is 2.87. The normalized spacial score (nSPS) is 17.5. The largest absolute Gasteiger partial charge is 0.492 e. The molecule has 1 fully saturated rings. The molecule has 2 amide bonds. The van der Waals surface area contributed by atoms with Crippen LogP contribution in [0.4, 0.5) is 10.5 Å². The zero-order valence-corrected chi connectivity index (χ0v) is 14.8. The maximum atomic E-state index is 12.6. The summed E-state index contributed by atoms with van der Waals surface area (Å²) in [6.45, 7) is 8.37. The third-order valence-electron chi connectivity index (χ3n) is 3.63. The molecular formula is C18H26N2O4. The molecule has 6 heteroatoms. The summed E-state index contributed by atoms with van der Waals surface area (Å²) in [7, 11) is 0. The van der Waals surface area contributed by atoms with Gasteiger partial charge in [0.25, 0.3) is 0 Å². The van der Waals surface area contributed by atoms with Gasteiger partial charge in [-0.3, -0.25) is 9.69 Å². The average molecular weight is 334 g/mol. The van der Waals surface area contributed by atoms with Crippen molar-refractivity contribution in [3.05, 3.63) is 24.3 Å². The Balaban J connectivity index is 2.07. The van der Waals surface area contributed by atoms with Gasteiger partial charge < -0.3 is 14.8 Å². The van der Waals surface area contributed by atoms with Crippen LogP contribution in [-0.4, -0.2) is 41.7 Å². The molecule has 0 aliphatic carbocycles. The van der Waals surface area contributed by atoms with Crippen molar-refractivity contribution >= 4 is 17.7 Å². The number of nitrogens with zero attached hydrogens (tertiary/aromatic N) is 1. The minimum Gasteiger partial charge on any atom is -0.492 e. The van der Waals surface area contributed by atoms with Gasteiger partial charge >= 0.3 is 6.09 Å². The number of benzene rings is 1. The van der Waals surface area contributed by atoms with Crippen molar-refractivity contribution in [3.8, 4) is 5.75 Å². The number of hydrogen-bond acceptors (Lipinski definition) is 4. The van der Waals surface area contributed by atoms with E-state index in [1.54, 1.807) is 12.1 Å². The van der Waals surface area contributed by atoms with Gasteiger partial charge in [0.05, 0.1) is 12.3 Å². The van der Waals surface area contributed by atoms with Crippen LogP contribution in [0.15, 0.2) is 24.3 Å². The van der Waals surface area contributed by atoms with Crippen LogP contribution in [0.25, 0.3) is 0 Å². The number of ether oxygens (including phenoxy) is 2. The number of carbonyl (C=O) groups is 2. The van der Waals surface area contributed by atoms with Crippen molar-refractivity contribution in [1.29, 1.82) is 0 Å². The Labute approximate surface area is 143 Å². The van der Waals surface area contributed by atoms with Gasteiger partial charge in [-0.1, -0.05) is 12.1 Å². The predicted octanol–water partition coefficient (Wildman–Crippen LogP) is 3.42. The third kappa shape index (κ3) is 4.63. The number of para-hydroxylation sites is 2. The van der Waals surface area contributed by atoms with E-state index in [0.717, 1.165) is 6.42 Å². The maximum Gasteiger partial charge on any atom is 0.410 e. The molecule has 24 heavy (non-hydrogen) atoms. The monoisotopic (exact) mass is 334 g/mol. The van der Waals surface area contributed by atoms with E-state index in [9.17, 15) is 9.59 Å². The second kappa shape index (κ2) is 7.55. The molecule has 1 aliphatic heterocycles. The van der Waals surface area contributed by atoms with E-state index in [1.807, 2.05) is 39.8 Å². The molecule has 0 saturated carbocycles. The summed E-state index contributed by atoms with van der Waals surface area (Å²) < 4.78 is 10.9. The first-order valence-corrected chi connectivity index (χ1v) is 8.34. The van der Waals surface area contributed by atoms with Crippen LogP contribution in [0.2, 0.25) is 0 Å². The highest BCUT2D eigenvalue weighted by Gasteiger charge is 2.36. The molecule has 1 aromatic carbocycles. The van der Waals surface area contributed by atoms with E-state index in [2.05, 4.69) is 5.32 Å². The van der Waals surface area contributed by atoms with E-state index in [0.29, 0.717) is 31.0 Å². The van der Waals surface area contributed by atoms with Gasteiger partial charge in [-0.2, -0.15) is 0 Å². The summed E-state index contributed by atoms with van der Waals surface area (Å²) in [4.78, 5) is 26.4. The lowest BCUT2D eigenvalue weighted by Gasteiger charge is -2.28. The van der Waals surface area contributed by atoms with Crippen molar-refractivity contribution in [3.63, 3.8) is 0 Å². The molecule has 0 bridgehead atoms. The molecule has 0 radical (unpaired) electrons. The van der Waals surface area contributed by atoms with Gasteiger partial charge in [-0.05, 0) is 52.7 Å². The molecule has 1 saturated heterocycles. The number of rotatable bonds is 4. The van der Waals surface area contributed by atoms with Crippen molar-refractivity contribution in [2.75, 3.05) is 18.5 Å². The van der Waals surface area contributed by atoms with Crippen LogP contribution in [0, 0.1) is 0 Å². The zero-order valence-electron chi connectivity index (χ0n) is 14.8. The highest BCUT2D eigenvalue weighted by molar-refractivity contribution is 5.97. The van der Waals surface area contributed by atoms with Crippen molar-refractivity contribution in [2.24, 2.45) is 0 Å². The molecule has 1 heterocycles. The zero-order chi connectivity index (χ0) is 17.7. The second-order valence-corrected chi connectivity index (χ2v) is 6.75. The molecular weight excluding hydrogens is 308 g/mol. The van der Waals surface area contributed by atoms with Crippen molar-refractivity contribution < 1.29 is 19.1 Å². The smallest absolute Gasteiger partial charge is 0.410 e. The average Bonchev–Trinajstić information content (AvgIpc) is 2.97. The summed E-state index contributed by atoms with van der Waals surface area (Å²) in [5.41, 5.74) is 0.0304. The van der Waals surface area contributed by atoms with E-state index in [4.69, 9.17) is 9.47 Å². The minimum absolute atomic E-state index is 0.217. The summed E-state index contributed by atoms with van der Waals surface area (Å²) in [5.74, 6) is 0.403. The fourth-order valence-corrected chi connectivity index (χ4v) is 2.65. The molecule has 1 atom stereocenters. The summed E-state index contributed by atoms with van der Waals surface area (Å²) in [6, 6.07) is 6.76. The van der Waals surface area contributed by atoms with E-state index < -0.39 is 17.7 Å². The Hall–Kier alpha value is -2.24. The highest BCUT2D eigenvalue weighted by Crippen LogP contribution is 2.26. The molecule has 0 aromatic heterocycles. The highest BCUT2D eigenvalue weighted by atomic mass is 16.6. The van der Waals surface area contributed by atoms with Crippen LogP contribution >= 0.6 is 0 Å². The quantitative estimate of drug-likeness (QED) is 0.916. The Morgan fingerprint density at radius 3 is 2.67 bits per heavy atom. The Morgan fingerprint density at radius 1 is 1.29 bits per heavy atom. The van der Waals surface area contributed by atoms with Gasteiger partial charge in [0.2, 0.25) is 5.91 Å². The SMILES string of the molecule is CCOc1ccccc1NC(=O)[C@@H]1CCCN1C(=O)OC(C)(C)C. The molecule has 6 nitrogen and oxygen atoms in total. The number of amides is 2. The van der Waals surface area contributed by atoms with E-state index in [-0.39, 0.29) is 5.91 Å². The first-order chi connectivity index (χ1) is 11.3. The van der Waals surface area contributed by atoms with Crippen molar-refractivity contribution in [2.45, 2.75) is 52.2 Å². The molecule has 2 rings (SSSR count). The predicted molar refractivity (Wildman–Crippen MR) is 92.2 cm³/mol. The topological polar surface area (TPSA) is 67.9 Å². The third-order valence-corrected chi connectivity index (χ3v) is 3.63. The van der Waals surface area contributed by atoms with Crippen LogP contribution in [0.3, 0.4) is 0 Å². The van der Waals surface area contributed by atoms with Gasteiger partial charge in [-0.15, -0.1) is 0 Å². The fraction of sp³-hybridized carbons (Fsp3) is 0.556. The standard InChI is InChI=1S/C18H26N2O4/c1-5-23-15-11-7-6-9-13(15)19-16(21)14-10-8-12-20(14)17(22)24-18(2,3)4/h6-7,9,11,14H,5,8,10,12H2,1-4H3,(H,19,21)/t14-/m0/s1. The number of anilines is 1. The van der Waals surface area contributed by atoms with Crippen LogP contribution in [0.5, 0.6) is 5.75 Å². The first-order valence-electron chi connectivity index (χ1n) is 8.34. The second-order valence-electron chi connectivity index (χ2n) is 6.75. The van der Waals surface area contributed by atoms with Gasteiger partial charge in [0.15, 0.2) is 0 Å². The number of carbonyl (C=O) groups excluding carboxylic acids is 2. The molecule has 1 aromatic rings. The minimum atomic E-state index is -0.581. The lowest BCUT2D eigenvalue weighted by molar-refractivity contribution is -0.120. The number of nitrogens with one attached hydrogen (secondary N) is 1. The summed E-state index contributed by atoms with van der Waals surface area (Å²) in [6.07, 6.45) is 0.963. The Morgan fingerprint density at radius 2 is 2.00 bits per heavy atom. The lowest BCUT2D eigenvalue weighted by Crippen LogP contribution is -2.45. The van der Waals surface area contributed by atoms with Gasteiger partial charge in [0, 0.05) is 6.54 Å². The van der Waals surface area contributed by atoms with Gasteiger partial charge in [0.1, 0.15) is 17.4 Å². The number of hydrogen-bond donors (Lipinski definition) is 1. The molecule has 0 spiro atoms. The Kier molecular flexibility index (Phi) is 5.70. The lowest BCUT2D eigenvalue weighted by atomic mass is 10.2. The van der Waals surface area contributed by atoms with Crippen LogP contribution in [0.1, 0.15) is 40.5 Å². The van der Waals surface area contributed by atoms with Crippen LogP contribution < -0.4 is 10.1 Å². The maximum absolute atomic E-state index is 12.6. The Bertz CT molecular complexity index is 595. The first kappa shape index (κ1) is 18.1. The summed E-state index contributed by atoms with van der Waals surface area (Å²) >= 11 is 0. The van der Waals surface area contributed by atoms with E-state index >= 15 is 0 Å². The molecule has 1 N–H and O–H groups in total. The fourth-order valence-electron chi connectivity index (χ4n) is 2.65. The van der Waals surface area contributed by atoms with Gasteiger partial charge in [-0.25, -0.2) is 4.79 Å². The van der Waals surface area contributed by atoms with E-state index in [1.165, 1.54) is 4.90 Å². The molecule has 1 aliphatic rings. The number of likely N-dealkylation sites (tertiary alicyclic amines) is 1. The van der Waals surface area contributed by atoms with Crippen LogP contribution in [-0.2, 0) is 9.53 Å².